The van der Waals surface area contributed by atoms with Crippen molar-refractivity contribution in [3.63, 3.8) is 0 Å². The highest BCUT2D eigenvalue weighted by molar-refractivity contribution is 5.65. The number of nitrogen functional groups attached to an aromatic ring is 1. The molecule has 0 aliphatic carbocycles. The lowest BCUT2D eigenvalue weighted by molar-refractivity contribution is -0.384. The fourth-order valence-corrected chi connectivity index (χ4v) is 2.43. The number of piperidine rings is 1. The van der Waals surface area contributed by atoms with Gasteiger partial charge >= 0.3 is 0 Å². The summed E-state index contributed by atoms with van der Waals surface area (Å²) in [6.45, 7) is 2.70. The third-order valence-corrected chi connectivity index (χ3v) is 3.82. The third-order valence-electron chi connectivity index (χ3n) is 3.82. The number of ether oxygens (including phenoxy) is 2. The summed E-state index contributed by atoms with van der Waals surface area (Å²) in [5, 5.41) is 10.9. The highest BCUT2D eigenvalue weighted by Crippen LogP contribution is 2.36. The molecule has 7 heteroatoms. The Kier molecular flexibility index (Phi) is 4.85. The molecule has 21 heavy (non-hydrogen) atoms. The SMILES string of the molecule is COc1cc([N+](=O)[O-])c(N)cc1OCC1CCN(C)CC1. The van der Waals surface area contributed by atoms with Crippen LogP contribution in [-0.2, 0) is 0 Å². The van der Waals surface area contributed by atoms with Gasteiger partial charge in [0.05, 0.1) is 24.7 Å². The first kappa shape index (κ1) is 15.4. The van der Waals surface area contributed by atoms with Crippen molar-refractivity contribution in [2.75, 3.05) is 39.6 Å². The van der Waals surface area contributed by atoms with Gasteiger partial charge in [-0.05, 0) is 38.9 Å². The van der Waals surface area contributed by atoms with Gasteiger partial charge in [-0.3, -0.25) is 10.1 Å². The van der Waals surface area contributed by atoms with Gasteiger partial charge in [0.1, 0.15) is 5.69 Å². The minimum atomic E-state index is -0.529. The van der Waals surface area contributed by atoms with Crippen LogP contribution in [-0.4, -0.2) is 43.7 Å². The van der Waals surface area contributed by atoms with Crippen LogP contribution in [0, 0.1) is 16.0 Å². The normalized spacial score (nSPS) is 16.7. The highest BCUT2D eigenvalue weighted by atomic mass is 16.6. The van der Waals surface area contributed by atoms with Gasteiger partial charge in [0, 0.05) is 6.07 Å². The Bertz CT molecular complexity index is 513. The van der Waals surface area contributed by atoms with Crippen LogP contribution in [0.3, 0.4) is 0 Å². The molecule has 7 nitrogen and oxygen atoms in total. The maximum absolute atomic E-state index is 10.9. The van der Waals surface area contributed by atoms with Crippen LogP contribution in [0.4, 0.5) is 11.4 Å². The average Bonchev–Trinajstić information content (AvgIpc) is 2.46. The van der Waals surface area contributed by atoms with Gasteiger partial charge in [0.25, 0.3) is 5.69 Å². The van der Waals surface area contributed by atoms with Crippen molar-refractivity contribution < 1.29 is 14.4 Å². The summed E-state index contributed by atoms with van der Waals surface area (Å²) in [5.74, 6) is 1.28. The van der Waals surface area contributed by atoms with Crippen molar-refractivity contribution in [2.24, 2.45) is 5.92 Å². The molecule has 2 rings (SSSR count). The molecule has 116 valence electrons. The van der Waals surface area contributed by atoms with Crippen molar-refractivity contribution >= 4 is 11.4 Å². The predicted octanol–water partition coefficient (Wildman–Crippen LogP) is 1.91. The van der Waals surface area contributed by atoms with Crippen molar-refractivity contribution in [3.05, 3.63) is 22.2 Å². The maximum Gasteiger partial charge on any atom is 0.296 e. The van der Waals surface area contributed by atoms with Crippen LogP contribution in [0.2, 0.25) is 0 Å². The van der Waals surface area contributed by atoms with E-state index in [1.54, 1.807) is 0 Å². The van der Waals surface area contributed by atoms with Crippen LogP contribution in [0.1, 0.15) is 12.8 Å². The number of hydrogen-bond donors (Lipinski definition) is 1. The summed E-state index contributed by atoms with van der Waals surface area (Å²) >= 11 is 0. The molecule has 0 aromatic heterocycles. The lowest BCUT2D eigenvalue weighted by Gasteiger charge is -2.28. The number of likely N-dealkylation sites (tertiary alicyclic amines) is 1. The maximum atomic E-state index is 10.9. The van der Waals surface area contributed by atoms with Crippen LogP contribution < -0.4 is 15.2 Å². The second kappa shape index (κ2) is 6.62. The largest absolute Gasteiger partial charge is 0.493 e. The zero-order chi connectivity index (χ0) is 15.4. The van der Waals surface area contributed by atoms with E-state index in [4.69, 9.17) is 15.2 Å². The van der Waals surface area contributed by atoms with Gasteiger partial charge in [-0.25, -0.2) is 0 Å². The first-order valence-corrected chi connectivity index (χ1v) is 6.94. The molecule has 0 unspecified atom stereocenters. The van der Waals surface area contributed by atoms with Crippen LogP contribution in [0.15, 0.2) is 12.1 Å². The van der Waals surface area contributed by atoms with Crippen LogP contribution in [0.5, 0.6) is 11.5 Å². The van der Waals surface area contributed by atoms with Crippen molar-refractivity contribution in [3.8, 4) is 11.5 Å². The van der Waals surface area contributed by atoms with Crippen LogP contribution >= 0.6 is 0 Å². The number of nitrogens with zero attached hydrogens (tertiary/aromatic N) is 2. The van der Waals surface area contributed by atoms with E-state index in [0.717, 1.165) is 25.9 Å². The molecule has 0 radical (unpaired) electrons. The van der Waals surface area contributed by atoms with E-state index in [0.29, 0.717) is 24.0 Å². The smallest absolute Gasteiger partial charge is 0.296 e. The molecule has 1 aromatic rings. The fraction of sp³-hybridized carbons (Fsp3) is 0.571. The summed E-state index contributed by atoms with van der Waals surface area (Å²) in [6.07, 6.45) is 2.17. The molecule has 1 heterocycles. The summed E-state index contributed by atoms with van der Waals surface area (Å²) in [7, 11) is 3.56. The van der Waals surface area contributed by atoms with E-state index in [1.165, 1.54) is 19.2 Å². The molecule has 1 saturated heterocycles. The number of nitro groups is 1. The zero-order valence-electron chi connectivity index (χ0n) is 12.4. The lowest BCUT2D eigenvalue weighted by atomic mass is 9.98. The molecule has 0 bridgehead atoms. The van der Waals surface area contributed by atoms with Gasteiger partial charge in [-0.15, -0.1) is 0 Å². The van der Waals surface area contributed by atoms with E-state index >= 15 is 0 Å². The molecule has 0 atom stereocenters. The Hall–Kier alpha value is -2.02. The number of hydrogen-bond acceptors (Lipinski definition) is 6. The molecular formula is C14H21N3O4. The zero-order valence-corrected chi connectivity index (χ0v) is 12.4. The third kappa shape index (κ3) is 3.75. The number of rotatable bonds is 5. The predicted molar refractivity (Wildman–Crippen MR) is 79.8 cm³/mol. The molecule has 2 N–H and O–H groups in total. The molecule has 1 aromatic carbocycles. The van der Waals surface area contributed by atoms with Crippen molar-refractivity contribution in [2.45, 2.75) is 12.8 Å². The van der Waals surface area contributed by atoms with Gasteiger partial charge in [0.15, 0.2) is 11.5 Å². The number of anilines is 1. The quantitative estimate of drug-likeness (QED) is 0.507. The highest BCUT2D eigenvalue weighted by Gasteiger charge is 2.20. The standard InChI is InChI=1S/C14H21N3O4/c1-16-5-3-10(4-6-16)9-21-14-7-11(15)12(17(18)19)8-13(14)20-2/h7-8,10H,3-6,9,15H2,1-2H3. The van der Waals surface area contributed by atoms with Crippen LogP contribution in [0.25, 0.3) is 0 Å². The number of nitro benzene ring substituents is 1. The van der Waals surface area contributed by atoms with E-state index in [-0.39, 0.29) is 11.4 Å². The molecule has 0 spiro atoms. The lowest BCUT2D eigenvalue weighted by Crippen LogP contribution is -2.32. The van der Waals surface area contributed by atoms with Crippen molar-refractivity contribution in [1.82, 2.24) is 4.90 Å². The van der Waals surface area contributed by atoms with Gasteiger partial charge in [0.2, 0.25) is 0 Å². The Morgan fingerprint density at radius 3 is 2.62 bits per heavy atom. The minimum Gasteiger partial charge on any atom is -0.493 e. The van der Waals surface area contributed by atoms with Gasteiger partial charge < -0.3 is 20.1 Å². The first-order valence-electron chi connectivity index (χ1n) is 6.94. The second-order valence-corrected chi connectivity index (χ2v) is 5.38. The summed E-state index contributed by atoms with van der Waals surface area (Å²) < 4.78 is 10.9. The number of benzene rings is 1. The van der Waals surface area contributed by atoms with E-state index in [2.05, 4.69) is 11.9 Å². The Labute approximate surface area is 123 Å². The van der Waals surface area contributed by atoms with E-state index in [1.807, 2.05) is 0 Å². The Morgan fingerprint density at radius 1 is 1.38 bits per heavy atom. The molecular weight excluding hydrogens is 274 g/mol. The Balaban J connectivity index is 2.05. The van der Waals surface area contributed by atoms with Gasteiger partial charge in [-0.2, -0.15) is 0 Å². The Morgan fingerprint density at radius 2 is 2.05 bits per heavy atom. The summed E-state index contributed by atoms with van der Waals surface area (Å²) in [5.41, 5.74) is 5.60. The molecule has 1 aliphatic heterocycles. The second-order valence-electron chi connectivity index (χ2n) is 5.38. The topological polar surface area (TPSA) is 90.9 Å². The molecule has 0 saturated carbocycles. The molecule has 1 aliphatic rings. The van der Waals surface area contributed by atoms with Crippen molar-refractivity contribution in [1.29, 1.82) is 0 Å². The minimum absolute atomic E-state index is 0.0826. The monoisotopic (exact) mass is 295 g/mol. The van der Waals surface area contributed by atoms with Gasteiger partial charge in [-0.1, -0.05) is 0 Å². The number of methoxy groups -OCH3 is 1. The summed E-state index contributed by atoms with van der Waals surface area (Å²) in [4.78, 5) is 12.6. The first-order chi connectivity index (χ1) is 10.0. The average molecular weight is 295 g/mol. The molecule has 0 amide bonds. The molecule has 1 fully saturated rings. The summed E-state index contributed by atoms with van der Waals surface area (Å²) in [6, 6.07) is 2.77. The number of nitrogens with two attached hydrogens (primary N) is 1. The fourth-order valence-electron chi connectivity index (χ4n) is 2.43. The van der Waals surface area contributed by atoms with E-state index in [9.17, 15) is 10.1 Å². The van der Waals surface area contributed by atoms with E-state index < -0.39 is 4.92 Å².